The Morgan fingerprint density at radius 2 is 2.04 bits per heavy atom. The third-order valence-corrected chi connectivity index (χ3v) is 4.02. The molecule has 2 rings (SSSR count). The van der Waals surface area contributed by atoms with E-state index in [0.717, 1.165) is 40.7 Å². The predicted molar refractivity (Wildman–Crippen MR) is 98.3 cm³/mol. The third kappa shape index (κ3) is 5.36. The Morgan fingerprint density at radius 1 is 1.22 bits per heavy atom. The van der Waals surface area contributed by atoms with E-state index in [0.29, 0.717) is 12.2 Å². The first-order chi connectivity index (χ1) is 11.1. The number of unbranched alkanes of at least 4 members (excludes halogenated alkanes) is 2. The van der Waals surface area contributed by atoms with E-state index < -0.39 is 0 Å². The zero-order chi connectivity index (χ0) is 16.7. The van der Waals surface area contributed by atoms with Gasteiger partial charge < -0.3 is 10.6 Å². The molecule has 0 saturated heterocycles. The number of hydrogen-bond donors (Lipinski definition) is 2. The topological polar surface area (TPSA) is 54.0 Å². The minimum atomic E-state index is -0.118. The summed E-state index contributed by atoms with van der Waals surface area (Å²) in [5, 5.41) is 6.20. The van der Waals surface area contributed by atoms with Crippen molar-refractivity contribution in [2.75, 3.05) is 11.9 Å². The van der Waals surface area contributed by atoms with Gasteiger partial charge in [-0.05, 0) is 49.2 Å². The molecule has 2 aromatic rings. The second-order valence-corrected chi connectivity index (χ2v) is 6.40. The van der Waals surface area contributed by atoms with Crippen molar-refractivity contribution in [2.24, 2.45) is 0 Å². The first-order valence-corrected chi connectivity index (χ1v) is 8.67. The molecule has 0 aliphatic rings. The average Bonchev–Trinajstić information content (AvgIpc) is 2.55. The van der Waals surface area contributed by atoms with Crippen molar-refractivity contribution in [3.8, 4) is 0 Å². The molecule has 1 aromatic carbocycles. The van der Waals surface area contributed by atoms with E-state index in [1.54, 1.807) is 12.3 Å². The molecule has 5 heteroatoms. The van der Waals surface area contributed by atoms with Crippen LogP contribution in [0.15, 0.2) is 41.0 Å². The summed E-state index contributed by atoms with van der Waals surface area (Å²) < 4.78 is 1.05. The highest BCUT2D eigenvalue weighted by atomic mass is 79.9. The summed E-state index contributed by atoms with van der Waals surface area (Å²) in [7, 11) is 0. The Bertz CT molecular complexity index is 656. The lowest BCUT2D eigenvalue weighted by Crippen LogP contribution is -2.25. The summed E-state index contributed by atoms with van der Waals surface area (Å²) >= 11 is 3.45. The number of rotatable bonds is 7. The number of aromatic nitrogens is 1. The quantitative estimate of drug-likeness (QED) is 0.682. The fourth-order valence-corrected chi connectivity index (χ4v) is 2.67. The molecule has 2 N–H and O–H groups in total. The Balaban J connectivity index is 1.95. The van der Waals surface area contributed by atoms with Gasteiger partial charge in [-0.1, -0.05) is 35.7 Å². The van der Waals surface area contributed by atoms with Crippen LogP contribution < -0.4 is 10.6 Å². The molecule has 0 aliphatic heterocycles. The third-order valence-electron chi connectivity index (χ3n) is 3.53. The number of carbonyl (C=O) groups is 1. The summed E-state index contributed by atoms with van der Waals surface area (Å²) in [6.45, 7) is 4.88. The molecule has 0 atom stereocenters. The first kappa shape index (κ1) is 17.5. The SMILES string of the molecule is CCCCCNC(=O)c1ccc(Nc2ccc(Br)cc2C)cn1. The van der Waals surface area contributed by atoms with E-state index in [1.165, 1.54) is 0 Å². The van der Waals surface area contributed by atoms with Crippen molar-refractivity contribution in [1.82, 2.24) is 10.3 Å². The highest BCUT2D eigenvalue weighted by molar-refractivity contribution is 9.10. The summed E-state index contributed by atoms with van der Waals surface area (Å²) in [6.07, 6.45) is 4.96. The molecule has 0 fully saturated rings. The van der Waals surface area contributed by atoms with Gasteiger partial charge >= 0.3 is 0 Å². The zero-order valence-corrected chi connectivity index (χ0v) is 15.1. The van der Waals surface area contributed by atoms with Crippen LogP contribution in [0.1, 0.15) is 42.2 Å². The maximum absolute atomic E-state index is 12.0. The fourth-order valence-electron chi connectivity index (χ4n) is 2.19. The van der Waals surface area contributed by atoms with Crippen LogP contribution in [0.25, 0.3) is 0 Å². The van der Waals surface area contributed by atoms with Crippen LogP contribution in [0.3, 0.4) is 0 Å². The zero-order valence-electron chi connectivity index (χ0n) is 13.5. The standard InChI is InChI=1S/C18H22BrN3O/c1-3-4-5-10-20-18(23)17-9-7-15(12-21-17)22-16-8-6-14(19)11-13(16)2/h6-9,11-12,22H,3-5,10H2,1-2H3,(H,20,23). The maximum atomic E-state index is 12.0. The Morgan fingerprint density at radius 3 is 2.70 bits per heavy atom. The predicted octanol–water partition coefficient (Wildman–Crippen LogP) is 4.82. The van der Waals surface area contributed by atoms with Gasteiger partial charge in [0.15, 0.2) is 0 Å². The molecule has 1 heterocycles. The van der Waals surface area contributed by atoms with E-state index in [4.69, 9.17) is 0 Å². The lowest BCUT2D eigenvalue weighted by Gasteiger charge is -2.10. The number of hydrogen-bond acceptors (Lipinski definition) is 3. The van der Waals surface area contributed by atoms with Gasteiger partial charge in [-0.3, -0.25) is 4.79 Å². The number of aryl methyl sites for hydroxylation is 1. The van der Waals surface area contributed by atoms with Crippen LogP contribution in [0.5, 0.6) is 0 Å². The van der Waals surface area contributed by atoms with E-state index in [-0.39, 0.29) is 5.91 Å². The van der Waals surface area contributed by atoms with Crippen molar-refractivity contribution < 1.29 is 4.79 Å². The van der Waals surface area contributed by atoms with Gasteiger partial charge in [-0.2, -0.15) is 0 Å². The highest BCUT2D eigenvalue weighted by Gasteiger charge is 2.07. The molecular formula is C18H22BrN3O. The van der Waals surface area contributed by atoms with E-state index in [9.17, 15) is 4.79 Å². The van der Waals surface area contributed by atoms with Crippen LogP contribution in [0.4, 0.5) is 11.4 Å². The van der Waals surface area contributed by atoms with Gasteiger partial charge in [-0.25, -0.2) is 4.98 Å². The summed E-state index contributed by atoms with van der Waals surface area (Å²) in [4.78, 5) is 16.2. The largest absolute Gasteiger partial charge is 0.354 e. The van der Waals surface area contributed by atoms with Gasteiger partial charge in [0.2, 0.25) is 0 Å². The molecule has 0 aliphatic carbocycles. The molecule has 1 amide bonds. The maximum Gasteiger partial charge on any atom is 0.269 e. The Kier molecular flexibility index (Phi) is 6.59. The van der Waals surface area contributed by atoms with Crippen molar-refractivity contribution in [1.29, 1.82) is 0 Å². The normalized spacial score (nSPS) is 10.4. The lowest BCUT2D eigenvalue weighted by molar-refractivity contribution is 0.0948. The van der Waals surface area contributed by atoms with Gasteiger partial charge in [0.25, 0.3) is 5.91 Å². The summed E-state index contributed by atoms with van der Waals surface area (Å²) in [5.74, 6) is -0.118. The fraction of sp³-hybridized carbons (Fsp3) is 0.333. The smallest absolute Gasteiger partial charge is 0.269 e. The van der Waals surface area contributed by atoms with Gasteiger partial charge in [0.1, 0.15) is 5.69 Å². The molecule has 0 spiro atoms. The summed E-state index contributed by atoms with van der Waals surface area (Å²) in [6, 6.07) is 9.66. The van der Waals surface area contributed by atoms with Crippen molar-refractivity contribution in [3.05, 3.63) is 52.3 Å². The number of nitrogens with one attached hydrogen (secondary N) is 2. The van der Waals surface area contributed by atoms with E-state index >= 15 is 0 Å². The molecule has 0 radical (unpaired) electrons. The minimum Gasteiger partial charge on any atom is -0.354 e. The number of benzene rings is 1. The van der Waals surface area contributed by atoms with Crippen LogP contribution in [-0.4, -0.2) is 17.4 Å². The average molecular weight is 376 g/mol. The van der Waals surface area contributed by atoms with Crippen molar-refractivity contribution >= 4 is 33.2 Å². The molecule has 0 bridgehead atoms. The lowest BCUT2D eigenvalue weighted by atomic mass is 10.2. The van der Waals surface area contributed by atoms with Crippen molar-refractivity contribution in [3.63, 3.8) is 0 Å². The number of halogens is 1. The second kappa shape index (κ2) is 8.67. The van der Waals surface area contributed by atoms with Gasteiger partial charge in [0, 0.05) is 16.7 Å². The highest BCUT2D eigenvalue weighted by Crippen LogP contribution is 2.23. The molecule has 1 aromatic heterocycles. The number of amides is 1. The van der Waals surface area contributed by atoms with Crippen LogP contribution >= 0.6 is 15.9 Å². The van der Waals surface area contributed by atoms with E-state index in [1.807, 2.05) is 31.2 Å². The molecule has 23 heavy (non-hydrogen) atoms. The second-order valence-electron chi connectivity index (χ2n) is 5.48. The number of pyridine rings is 1. The monoisotopic (exact) mass is 375 g/mol. The first-order valence-electron chi connectivity index (χ1n) is 7.87. The van der Waals surface area contributed by atoms with Gasteiger partial charge in [-0.15, -0.1) is 0 Å². The van der Waals surface area contributed by atoms with Gasteiger partial charge in [0.05, 0.1) is 11.9 Å². The van der Waals surface area contributed by atoms with Crippen LogP contribution in [-0.2, 0) is 0 Å². The van der Waals surface area contributed by atoms with E-state index in [2.05, 4.69) is 38.5 Å². The molecule has 0 saturated carbocycles. The molecular weight excluding hydrogens is 354 g/mol. The van der Waals surface area contributed by atoms with Crippen molar-refractivity contribution in [2.45, 2.75) is 33.1 Å². The molecule has 122 valence electrons. The minimum absolute atomic E-state index is 0.118. The number of carbonyl (C=O) groups excluding carboxylic acids is 1. The Labute approximate surface area is 145 Å². The van der Waals surface area contributed by atoms with Crippen LogP contribution in [0, 0.1) is 6.92 Å². The number of nitrogens with zero attached hydrogens (tertiary/aromatic N) is 1. The Hall–Kier alpha value is -1.88. The number of anilines is 2. The van der Waals surface area contributed by atoms with Crippen LogP contribution in [0.2, 0.25) is 0 Å². The molecule has 0 unspecified atom stereocenters. The summed E-state index contributed by atoms with van der Waals surface area (Å²) in [5.41, 5.74) is 3.46. The molecule has 4 nitrogen and oxygen atoms in total.